The third-order valence-corrected chi connectivity index (χ3v) is 3.65. The average molecular weight is 274 g/mol. The maximum atomic E-state index is 10.1. The first-order valence-electron chi connectivity index (χ1n) is 5.92. The van der Waals surface area contributed by atoms with Crippen LogP contribution in [0.2, 0.25) is 10.0 Å². The fraction of sp³-hybridized carbons (Fsp3) is 0.538. The molecule has 2 N–H and O–H groups in total. The van der Waals surface area contributed by atoms with E-state index in [1.165, 1.54) is 12.8 Å². The van der Waals surface area contributed by atoms with Crippen LogP contribution in [0.3, 0.4) is 0 Å². The molecule has 0 aromatic heterocycles. The largest absolute Gasteiger partial charge is 0.387 e. The second-order valence-corrected chi connectivity index (χ2v) is 5.57. The molecule has 0 radical (unpaired) electrons. The number of aliphatic hydroxyl groups excluding tert-OH is 1. The van der Waals surface area contributed by atoms with Gasteiger partial charge in [-0.1, -0.05) is 23.2 Å². The number of rotatable bonds is 5. The highest BCUT2D eigenvalue weighted by atomic mass is 35.5. The van der Waals surface area contributed by atoms with Crippen molar-refractivity contribution in [3.8, 4) is 0 Å². The standard InChI is InChI=1S/C13H17Cl2NO/c1-8-4-10(14)13(11(15)5-8)12(17)7-16-6-9-2-3-9/h4-5,9,12,16-17H,2-3,6-7H2,1H3. The fourth-order valence-electron chi connectivity index (χ4n) is 1.88. The van der Waals surface area contributed by atoms with Crippen molar-refractivity contribution in [2.24, 2.45) is 5.92 Å². The van der Waals surface area contributed by atoms with E-state index in [-0.39, 0.29) is 0 Å². The number of hydrogen-bond donors (Lipinski definition) is 2. The van der Waals surface area contributed by atoms with Crippen LogP contribution in [0, 0.1) is 12.8 Å². The third-order valence-electron chi connectivity index (χ3n) is 3.02. The number of hydrogen-bond acceptors (Lipinski definition) is 2. The van der Waals surface area contributed by atoms with Gasteiger partial charge in [0.1, 0.15) is 0 Å². The van der Waals surface area contributed by atoms with E-state index >= 15 is 0 Å². The highest BCUT2D eigenvalue weighted by Crippen LogP contribution is 2.32. The van der Waals surface area contributed by atoms with E-state index < -0.39 is 6.10 Å². The molecule has 2 nitrogen and oxygen atoms in total. The Bertz CT molecular complexity index is 381. The normalized spacial score (nSPS) is 17.2. The molecule has 2 rings (SSSR count). The maximum absolute atomic E-state index is 10.1. The molecular weight excluding hydrogens is 257 g/mol. The van der Waals surface area contributed by atoms with Gasteiger partial charge in [0, 0.05) is 22.2 Å². The van der Waals surface area contributed by atoms with Crippen LogP contribution < -0.4 is 5.32 Å². The van der Waals surface area contributed by atoms with Crippen molar-refractivity contribution in [2.75, 3.05) is 13.1 Å². The minimum Gasteiger partial charge on any atom is -0.387 e. The smallest absolute Gasteiger partial charge is 0.0943 e. The molecule has 4 heteroatoms. The minimum atomic E-state index is -0.644. The SMILES string of the molecule is Cc1cc(Cl)c(C(O)CNCC2CC2)c(Cl)c1. The summed E-state index contributed by atoms with van der Waals surface area (Å²) in [5, 5.41) is 14.4. The predicted octanol–water partition coefficient (Wildman–Crippen LogP) is 3.33. The van der Waals surface area contributed by atoms with Crippen LogP contribution in [0.1, 0.15) is 30.1 Å². The van der Waals surface area contributed by atoms with E-state index in [4.69, 9.17) is 23.2 Å². The van der Waals surface area contributed by atoms with Crippen molar-refractivity contribution in [3.05, 3.63) is 33.3 Å². The summed E-state index contributed by atoms with van der Waals surface area (Å²) < 4.78 is 0. The Kier molecular flexibility index (Phi) is 4.31. The summed E-state index contributed by atoms with van der Waals surface area (Å²) in [7, 11) is 0. The van der Waals surface area contributed by atoms with E-state index in [1.54, 1.807) is 0 Å². The maximum Gasteiger partial charge on any atom is 0.0943 e. The second-order valence-electron chi connectivity index (χ2n) is 4.76. The first-order chi connectivity index (χ1) is 8.08. The van der Waals surface area contributed by atoms with E-state index in [0.29, 0.717) is 22.2 Å². The van der Waals surface area contributed by atoms with Gasteiger partial charge in [-0.3, -0.25) is 0 Å². The molecule has 17 heavy (non-hydrogen) atoms. The zero-order valence-electron chi connectivity index (χ0n) is 9.84. The molecule has 1 fully saturated rings. The Morgan fingerprint density at radius 3 is 2.47 bits per heavy atom. The molecule has 1 unspecified atom stereocenters. The summed E-state index contributed by atoms with van der Waals surface area (Å²) in [5.41, 5.74) is 1.63. The number of halogens is 2. The monoisotopic (exact) mass is 273 g/mol. The van der Waals surface area contributed by atoms with Crippen molar-refractivity contribution >= 4 is 23.2 Å². The zero-order valence-corrected chi connectivity index (χ0v) is 11.4. The number of aliphatic hydroxyl groups is 1. The third kappa shape index (κ3) is 3.59. The molecule has 0 spiro atoms. The lowest BCUT2D eigenvalue weighted by atomic mass is 10.1. The van der Waals surface area contributed by atoms with Gasteiger partial charge in [0.05, 0.1) is 6.10 Å². The lowest BCUT2D eigenvalue weighted by molar-refractivity contribution is 0.174. The number of nitrogens with one attached hydrogen (secondary N) is 1. The molecule has 1 aromatic rings. The zero-order chi connectivity index (χ0) is 12.4. The van der Waals surface area contributed by atoms with Crippen LogP contribution >= 0.6 is 23.2 Å². The topological polar surface area (TPSA) is 32.3 Å². The molecule has 0 amide bonds. The van der Waals surface area contributed by atoms with Crippen molar-refractivity contribution in [2.45, 2.75) is 25.9 Å². The Labute approximate surface area is 112 Å². The predicted molar refractivity (Wildman–Crippen MR) is 71.8 cm³/mol. The summed E-state index contributed by atoms with van der Waals surface area (Å²) >= 11 is 12.2. The van der Waals surface area contributed by atoms with E-state index in [1.807, 2.05) is 19.1 Å². The quantitative estimate of drug-likeness (QED) is 0.863. The van der Waals surface area contributed by atoms with Crippen LogP contribution in [0.25, 0.3) is 0 Å². The fourth-order valence-corrected chi connectivity index (χ4v) is 2.73. The van der Waals surface area contributed by atoms with Gasteiger partial charge in [-0.2, -0.15) is 0 Å². The highest BCUT2D eigenvalue weighted by molar-refractivity contribution is 6.36. The Morgan fingerprint density at radius 2 is 1.94 bits per heavy atom. The van der Waals surface area contributed by atoms with Gasteiger partial charge in [0.2, 0.25) is 0 Å². The van der Waals surface area contributed by atoms with Crippen molar-refractivity contribution in [1.82, 2.24) is 5.32 Å². The summed E-state index contributed by atoms with van der Waals surface area (Å²) in [6.07, 6.45) is 1.96. The average Bonchev–Trinajstić information content (AvgIpc) is 2.99. The first kappa shape index (κ1) is 13.2. The summed E-state index contributed by atoms with van der Waals surface area (Å²) in [6.45, 7) is 3.40. The van der Waals surface area contributed by atoms with E-state index in [9.17, 15) is 5.11 Å². The second kappa shape index (κ2) is 5.57. The van der Waals surface area contributed by atoms with Crippen LogP contribution in [-0.4, -0.2) is 18.2 Å². The molecule has 1 atom stereocenters. The molecule has 1 aliphatic rings. The summed E-state index contributed by atoms with van der Waals surface area (Å²) in [5.74, 6) is 0.797. The minimum absolute atomic E-state index is 0.499. The number of benzene rings is 1. The van der Waals surface area contributed by atoms with Crippen molar-refractivity contribution in [3.63, 3.8) is 0 Å². The first-order valence-corrected chi connectivity index (χ1v) is 6.68. The number of aryl methyl sites for hydroxylation is 1. The Balaban J connectivity index is 1.99. The van der Waals surface area contributed by atoms with E-state index in [0.717, 1.165) is 18.0 Å². The molecule has 1 aromatic carbocycles. The van der Waals surface area contributed by atoms with Gasteiger partial charge in [0.25, 0.3) is 0 Å². The summed E-state index contributed by atoms with van der Waals surface area (Å²) in [6, 6.07) is 3.65. The Hall–Kier alpha value is -0.280. The van der Waals surface area contributed by atoms with Crippen LogP contribution in [0.5, 0.6) is 0 Å². The van der Waals surface area contributed by atoms with E-state index in [2.05, 4.69) is 5.32 Å². The van der Waals surface area contributed by atoms with Gasteiger partial charge >= 0.3 is 0 Å². The van der Waals surface area contributed by atoms with Gasteiger partial charge in [0.15, 0.2) is 0 Å². The van der Waals surface area contributed by atoms with Crippen molar-refractivity contribution in [1.29, 1.82) is 0 Å². The van der Waals surface area contributed by atoms with Gasteiger partial charge in [-0.15, -0.1) is 0 Å². The Morgan fingerprint density at radius 1 is 1.35 bits per heavy atom. The lowest BCUT2D eigenvalue weighted by Crippen LogP contribution is -2.23. The molecule has 0 heterocycles. The molecule has 94 valence electrons. The van der Waals surface area contributed by atoms with Crippen molar-refractivity contribution < 1.29 is 5.11 Å². The molecule has 0 aliphatic heterocycles. The van der Waals surface area contributed by atoms with Gasteiger partial charge in [-0.05, 0) is 49.9 Å². The summed E-state index contributed by atoms with van der Waals surface area (Å²) in [4.78, 5) is 0. The van der Waals surface area contributed by atoms with Gasteiger partial charge in [-0.25, -0.2) is 0 Å². The molecular formula is C13H17Cl2NO. The van der Waals surface area contributed by atoms with Crippen LogP contribution in [0.4, 0.5) is 0 Å². The lowest BCUT2D eigenvalue weighted by Gasteiger charge is -2.16. The van der Waals surface area contributed by atoms with Crippen LogP contribution in [-0.2, 0) is 0 Å². The molecule has 0 saturated heterocycles. The molecule has 1 aliphatic carbocycles. The van der Waals surface area contributed by atoms with Gasteiger partial charge < -0.3 is 10.4 Å². The molecule has 0 bridgehead atoms. The van der Waals surface area contributed by atoms with Crippen LogP contribution in [0.15, 0.2) is 12.1 Å². The highest BCUT2D eigenvalue weighted by Gasteiger charge is 2.21. The molecule has 1 saturated carbocycles.